The van der Waals surface area contributed by atoms with Crippen LogP contribution in [0.15, 0.2) is 12.1 Å². The average molecular weight is 212 g/mol. The molecule has 2 heteroatoms. The molecule has 0 heterocycles. The largest absolute Gasteiger partial charge is 0.289 e. The lowest BCUT2D eigenvalue weighted by molar-refractivity contribution is 0.381. The molecule has 0 N–H and O–H groups in total. The minimum absolute atomic E-state index is 0.576. The lowest BCUT2D eigenvalue weighted by Crippen LogP contribution is -2.16. The van der Waals surface area contributed by atoms with Crippen LogP contribution in [0.5, 0.6) is 0 Å². The van der Waals surface area contributed by atoms with E-state index in [0.29, 0.717) is 6.00 Å². The summed E-state index contributed by atoms with van der Waals surface area (Å²) < 4.78 is 0. The van der Waals surface area contributed by atoms with Crippen molar-refractivity contribution < 1.29 is 0 Å². The molecule has 0 unspecified atom stereocenters. The van der Waals surface area contributed by atoms with Crippen LogP contribution in [0.1, 0.15) is 22.3 Å². The second-order valence-corrected chi connectivity index (χ2v) is 4.24. The van der Waals surface area contributed by atoms with E-state index in [9.17, 15) is 0 Å². The van der Waals surface area contributed by atoms with Crippen LogP contribution in [0.25, 0.3) is 0 Å². The Labute approximate surface area is 91.7 Å². The van der Waals surface area contributed by atoms with Gasteiger partial charge < -0.3 is 0 Å². The van der Waals surface area contributed by atoms with Crippen molar-refractivity contribution in [2.75, 3.05) is 13.1 Å². The summed E-state index contributed by atoms with van der Waals surface area (Å²) in [5.74, 6) is 0. The van der Waals surface area contributed by atoms with Crippen molar-refractivity contribution in [1.82, 2.24) is 4.90 Å². The molecule has 0 aliphatic heterocycles. The van der Waals surface area contributed by atoms with Gasteiger partial charge >= 0.3 is 0 Å². The minimum atomic E-state index is 0.576. The van der Waals surface area contributed by atoms with E-state index in [-0.39, 0.29) is 0 Å². The van der Waals surface area contributed by atoms with Crippen molar-refractivity contribution >= 4 is 11.6 Å². The standard InChI is InChI=1S/C12H18ClN/c1-9-5-11(3)12(6-10(9)2)7-14(4)8-13/h5-6H,7-8H2,1-4H3. The second kappa shape index (κ2) is 4.81. The fraction of sp³-hybridized carbons (Fsp3) is 0.500. The van der Waals surface area contributed by atoms with E-state index in [0.717, 1.165) is 6.54 Å². The Morgan fingerprint density at radius 1 is 1.07 bits per heavy atom. The van der Waals surface area contributed by atoms with Gasteiger partial charge in [-0.1, -0.05) is 12.1 Å². The topological polar surface area (TPSA) is 3.24 Å². The van der Waals surface area contributed by atoms with Crippen LogP contribution in [-0.2, 0) is 6.54 Å². The van der Waals surface area contributed by atoms with E-state index < -0.39 is 0 Å². The Balaban J connectivity index is 2.92. The number of halogens is 1. The van der Waals surface area contributed by atoms with Gasteiger partial charge in [0.25, 0.3) is 0 Å². The third-order valence-electron chi connectivity index (χ3n) is 2.60. The van der Waals surface area contributed by atoms with Crippen LogP contribution in [0.3, 0.4) is 0 Å². The Hall–Kier alpha value is -0.530. The molecule has 0 spiro atoms. The average Bonchev–Trinajstić information content (AvgIpc) is 2.14. The molecule has 1 rings (SSSR count). The van der Waals surface area contributed by atoms with E-state index in [1.54, 1.807) is 0 Å². The van der Waals surface area contributed by atoms with Gasteiger partial charge in [-0.05, 0) is 50.1 Å². The van der Waals surface area contributed by atoms with E-state index >= 15 is 0 Å². The van der Waals surface area contributed by atoms with Crippen LogP contribution in [0.2, 0.25) is 0 Å². The number of aryl methyl sites for hydroxylation is 3. The summed E-state index contributed by atoms with van der Waals surface area (Å²) >= 11 is 5.75. The fourth-order valence-corrected chi connectivity index (χ4v) is 1.61. The van der Waals surface area contributed by atoms with E-state index in [1.807, 2.05) is 7.05 Å². The zero-order chi connectivity index (χ0) is 10.7. The maximum Gasteiger partial charge on any atom is 0.0738 e. The van der Waals surface area contributed by atoms with Crippen LogP contribution in [-0.4, -0.2) is 18.0 Å². The summed E-state index contributed by atoms with van der Waals surface area (Å²) in [5, 5.41) is 0. The van der Waals surface area contributed by atoms with E-state index in [4.69, 9.17) is 11.6 Å². The molecule has 14 heavy (non-hydrogen) atoms. The van der Waals surface area contributed by atoms with Crippen molar-refractivity contribution in [1.29, 1.82) is 0 Å². The molecule has 0 saturated carbocycles. The van der Waals surface area contributed by atoms with Gasteiger partial charge in [-0.2, -0.15) is 0 Å². The summed E-state index contributed by atoms with van der Waals surface area (Å²) in [6.45, 7) is 7.39. The molecule has 1 aromatic carbocycles. The number of benzene rings is 1. The summed E-state index contributed by atoms with van der Waals surface area (Å²) in [5.41, 5.74) is 5.44. The molecule has 0 atom stereocenters. The van der Waals surface area contributed by atoms with Gasteiger partial charge in [0.05, 0.1) is 6.00 Å². The molecule has 1 nitrogen and oxygen atoms in total. The summed E-state index contributed by atoms with van der Waals surface area (Å²) in [6, 6.07) is 5.08. The highest BCUT2D eigenvalue weighted by molar-refractivity contribution is 6.17. The molecule has 0 bridgehead atoms. The summed E-state index contributed by atoms with van der Waals surface area (Å²) in [7, 11) is 2.03. The lowest BCUT2D eigenvalue weighted by Gasteiger charge is -2.16. The predicted molar refractivity (Wildman–Crippen MR) is 62.8 cm³/mol. The van der Waals surface area contributed by atoms with Crippen LogP contribution >= 0.6 is 11.6 Å². The highest BCUT2D eigenvalue weighted by Crippen LogP contribution is 2.16. The molecular weight excluding hydrogens is 194 g/mol. The molecule has 0 amide bonds. The maximum absolute atomic E-state index is 5.75. The Kier molecular flexibility index (Phi) is 3.97. The number of alkyl halides is 1. The summed E-state index contributed by atoms with van der Waals surface area (Å²) in [4.78, 5) is 2.10. The van der Waals surface area contributed by atoms with Gasteiger partial charge in [-0.15, -0.1) is 11.6 Å². The monoisotopic (exact) mass is 211 g/mol. The van der Waals surface area contributed by atoms with Crippen molar-refractivity contribution in [3.05, 3.63) is 34.4 Å². The van der Waals surface area contributed by atoms with Crippen molar-refractivity contribution in [3.8, 4) is 0 Å². The smallest absolute Gasteiger partial charge is 0.0738 e. The third kappa shape index (κ3) is 2.73. The first-order valence-corrected chi connectivity index (χ1v) is 5.39. The van der Waals surface area contributed by atoms with Gasteiger partial charge in [0.15, 0.2) is 0 Å². The molecular formula is C12H18ClN. The Morgan fingerprint density at radius 2 is 1.64 bits per heavy atom. The number of nitrogens with zero attached hydrogens (tertiary/aromatic N) is 1. The van der Waals surface area contributed by atoms with Crippen molar-refractivity contribution in [2.45, 2.75) is 27.3 Å². The van der Waals surface area contributed by atoms with E-state index in [1.165, 1.54) is 22.3 Å². The van der Waals surface area contributed by atoms with Crippen LogP contribution < -0.4 is 0 Å². The lowest BCUT2D eigenvalue weighted by atomic mass is 10.0. The summed E-state index contributed by atoms with van der Waals surface area (Å²) in [6.07, 6.45) is 0. The van der Waals surface area contributed by atoms with E-state index in [2.05, 4.69) is 37.8 Å². The van der Waals surface area contributed by atoms with Gasteiger partial charge in [0, 0.05) is 6.54 Å². The zero-order valence-corrected chi connectivity index (χ0v) is 10.2. The molecule has 0 radical (unpaired) electrons. The second-order valence-electron chi connectivity index (χ2n) is 4.00. The highest BCUT2D eigenvalue weighted by Gasteiger charge is 2.04. The molecule has 0 aromatic heterocycles. The van der Waals surface area contributed by atoms with Crippen molar-refractivity contribution in [2.24, 2.45) is 0 Å². The van der Waals surface area contributed by atoms with Crippen molar-refractivity contribution in [3.63, 3.8) is 0 Å². The number of hydrogen-bond acceptors (Lipinski definition) is 1. The van der Waals surface area contributed by atoms with Gasteiger partial charge in [0.2, 0.25) is 0 Å². The molecule has 1 aromatic rings. The Morgan fingerprint density at radius 3 is 2.21 bits per heavy atom. The fourth-order valence-electron chi connectivity index (χ4n) is 1.52. The van der Waals surface area contributed by atoms with Gasteiger partial charge in [0.1, 0.15) is 0 Å². The van der Waals surface area contributed by atoms with Gasteiger partial charge in [-0.3, -0.25) is 4.90 Å². The quantitative estimate of drug-likeness (QED) is 0.548. The molecule has 78 valence electrons. The number of hydrogen-bond donors (Lipinski definition) is 0. The highest BCUT2D eigenvalue weighted by atomic mass is 35.5. The predicted octanol–water partition coefficient (Wildman–Crippen LogP) is 3.24. The Bertz CT molecular complexity index is 320. The van der Waals surface area contributed by atoms with Crippen LogP contribution in [0, 0.1) is 20.8 Å². The third-order valence-corrected chi connectivity index (χ3v) is 3.00. The first-order chi connectivity index (χ1) is 6.54. The minimum Gasteiger partial charge on any atom is -0.289 e. The molecule has 0 saturated heterocycles. The number of rotatable bonds is 3. The first-order valence-electron chi connectivity index (χ1n) is 4.86. The van der Waals surface area contributed by atoms with Crippen LogP contribution in [0.4, 0.5) is 0 Å². The first kappa shape index (κ1) is 11.5. The molecule has 0 fully saturated rings. The SMILES string of the molecule is Cc1cc(C)c(CN(C)CCl)cc1C. The molecule has 0 aliphatic rings. The maximum atomic E-state index is 5.75. The normalized spacial score (nSPS) is 11.0. The van der Waals surface area contributed by atoms with Gasteiger partial charge in [-0.25, -0.2) is 0 Å². The zero-order valence-electron chi connectivity index (χ0n) is 9.39. The molecule has 0 aliphatic carbocycles.